The van der Waals surface area contributed by atoms with Crippen molar-refractivity contribution in [1.29, 1.82) is 0 Å². The van der Waals surface area contributed by atoms with Gasteiger partial charge in [-0.3, -0.25) is 4.79 Å². The Labute approximate surface area is 237 Å². The Morgan fingerprint density at radius 3 is 2.62 bits per heavy atom. The van der Waals surface area contributed by atoms with Crippen molar-refractivity contribution in [2.24, 2.45) is 0 Å². The van der Waals surface area contributed by atoms with Gasteiger partial charge in [0.05, 0.1) is 35.6 Å². The van der Waals surface area contributed by atoms with Crippen molar-refractivity contribution in [3.05, 3.63) is 23.3 Å². The number of nitrogens with zero attached hydrogens (tertiary/aromatic N) is 5. The summed E-state index contributed by atoms with van der Waals surface area (Å²) in [5, 5.41) is 2.81. The molecule has 3 aromatic rings. The SMILES string of the molecule is CCOC(=O)CCCCCNC(=O)OC(C)(C)Cc1cc2nc(-c3cnc(N)nc3)nc(N3CCOCC3)c2s1. The van der Waals surface area contributed by atoms with Crippen molar-refractivity contribution in [3.63, 3.8) is 0 Å². The second kappa shape index (κ2) is 13.7. The smallest absolute Gasteiger partial charge is 0.407 e. The molecule has 0 saturated carbocycles. The second-order valence-electron chi connectivity index (χ2n) is 10.1. The quantitative estimate of drug-likeness (QED) is 0.241. The minimum absolute atomic E-state index is 0.184. The Bertz CT molecular complexity index is 1290. The Kier molecular flexibility index (Phi) is 10.0. The summed E-state index contributed by atoms with van der Waals surface area (Å²) in [5.41, 5.74) is 6.42. The molecule has 0 radical (unpaired) electrons. The molecule has 1 aliphatic heterocycles. The topological polar surface area (TPSA) is 155 Å². The highest BCUT2D eigenvalue weighted by atomic mass is 32.1. The van der Waals surface area contributed by atoms with Crippen LogP contribution in [0.2, 0.25) is 0 Å². The van der Waals surface area contributed by atoms with Crippen LogP contribution in [0.5, 0.6) is 0 Å². The number of hydrogen-bond acceptors (Lipinski definition) is 12. The highest BCUT2D eigenvalue weighted by molar-refractivity contribution is 7.19. The van der Waals surface area contributed by atoms with Gasteiger partial charge in [-0.05, 0) is 39.7 Å². The molecule has 13 heteroatoms. The number of ether oxygens (including phenoxy) is 3. The second-order valence-corrected chi connectivity index (χ2v) is 11.2. The lowest BCUT2D eigenvalue weighted by atomic mass is 10.0. The van der Waals surface area contributed by atoms with E-state index < -0.39 is 11.7 Å². The molecule has 40 heavy (non-hydrogen) atoms. The van der Waals surface area contributed by atoms with Crippen LogP contribution >= 0.6 is 11.3 Å². The molecule has 4 heterocycles. The molecule has 4 rings (SSSR count). The summed E-state index contributed by atoms with van der Waals surface area (Å²) in [5.74, 6) is 1.37. The average molecular weight is 572 g/mol. The predicted molar refractivity (Wildman–Crippen MR) is 153 cm³/mol. The third kappa shape index (κ3) is 8.21. The van der Waals surface area contributed by atoms with Crippen LogP contribution in [-0.2, 0) is 25.4 Å². The number of morpholine rings is 1. The molecule has 3 aromatic heterocycles. The normalized spacial score (nSPS) is 13.8. The van der Waals surface area contributed by atoms with Gasteiger partial charge in [-0.2, -0.15) is 0 Å². The Hall–Kier alpha value is -3.58. The van der Waals surface area contributed by atoms with E-state index in [1.54, 1.807) is 30.7 Å². The molecule has 216 valence electrons. The van der Waals surface area contributed by atoms with Crippen molar-refractivity contribution in [3.8, 4) is 11.4 Å². The van der Waals surface area contributed by atoms with Gasteiger partial charge in [0.15, 0.2) is 11.6 Å². The van der Waals surface area contributed by atoms with Crippen LogP contribution < -0.4 is 16.0 Å². The first-order chi connectivity index (χ1) is 19.2. The zero-order valence-corrected chi connectivity index (χ0v) is 24.1. The van der Waals surface area contributed by atoms with Crippen LogP contribution in [0.15, 0.2) is 18.5 Å². The summed E-state index contributed by atoms with van der Waals surface area (Å²) in [6.07, 6.45) is 6.01. The summed E-state index contributed by atoms with van der Waals surface area (Å²) in [6.45, 7) is 9.17. The standard InChI is InChI=1S/C27H37N7O5S/c1-4-38-21(35)8-6-5-7-9-29-26(36)39-27(2,3)15-19-14-20-22(40-19)24(34-10-12-37-13-11-34)33-23(32-20)18-16-30-25(28)31-17-18/h14,16-17H,4-13,15H2,1-3H3,(H,29,36)(H2,28,30,31). The van der Waals surface area contributed by atoms with Crippen LogP contribution in [-0.4, -0.2) is 77.1 Å². The zero-order valence-electron chi connectivity index (χ0n) is 23.3. The number of carbonyl (C=O) groups is 2. The number of nitrogens with two attached hydrogens (primary N) is 1. The van der Waals surface area contributed by atoms with E-state index in [2.05, 4.69) is 20.2 Å². The predicted octanol–water partition coefficient (Wildman–Crippen LogP) is 3.74. The largest absolute Gasteiger partial charge is 0.466 e. The van der Waals surface area contributed by atoms with E-state index in [1.807, 2.05) is 19.9 Å². The summed E-state index contributed by atoms with van der Waals surface area (Å²) < 4.78 is 17.2. The molecule has 1 amide bonds. The number of thiophene rings is 1. The average Bonchev–Trinajstić information content (AvgIpc) is 3.32. The molecule has 3 N–H and O–H groups in total. The van der Waals surface area contributed by atoms with Gasteiger partial charge in [0.25, 0.3) is 0 Å². The number of hydrogen-bond donors (Lipinski definition) is 2. The number of nitrogen functional groups attached to an aromatic ring is 1. The van der Waals surface area contributed by atoms with Crippen molar-refractivity contribution < 1.29 is 23.8 Å². The lowest BCUT2D eigenvalue weighted by Gasteiger charge is -2.28. The first-order valence-corrected chi connectivity index (χ1v) is 14.4. The van der Waals surface area contributed by atoms with Crippen molar-refractivity contribution in [2.75, 3.05) is 50.1 Å². The molecule has 0 bridgehead atoms. The fourth-order valence-corrected chi connectivity index (χ4v) is 5.69. The van der Waals surface area contributed by atoms with E-state index in [-0.39, 0.29) is 11.9 Å². The number of anilines is 2. The summed E-state index contributed by atoms with van der Waals surface area (Å²) in [4.78, 5) is 45.0. The van der Waals surface area contributed by atoms with Gasteiger partial charge in [0.2, 0.25) is 5.95 Å². The van der Waals surface area contributed by atoms with Gasteiger partial charge in [0, 0.05) is 49.7 Å². The van der Waals surface area contributed by atoms with Crippen LogP contribution in [0.3, 0.4) is 0 Å². The number of carbonyl (C=O) groups excluding carboxylic acids is 2. The molecular weight excluding hydrogens is 534 g/mol. The van der Waals surface area contributed by atoms with Gasteiger partial charge in [-0.15, -0.1) is 11.3 Å². The minimum atomic E-state index is -0.741. The van der Waals surface area contributed by atoms with Gasteiger partial charge in [-0.25, -0.2) is 24.7 Å². The molecule has 0 unspecified atom stereocenters. The first kappa shape index (κ1) is 29.4. The molecule has 12 nitrogen and oxygen atoms in total. The Morgan fingerprint density at radius 2 is 1.90 bits per heavy atom. The van der Waals surface area contributed by atoms with Gasteiger partial charge < -0.3 is 30.2 Å². The van der Waals surface area contributed by atoms with Crippen molar-refractivity contribution in [2.45, 2.75) is 58.5 Å². The number of nitrogens with one attached hydrogen (secondary N) is 1. The van der Waals surface area contributed by atoms with Crippen LogP contribution in [0.25, 0.3) is 21.6 Å². The van der Waals surface area contributed by atoms with Crippen molar-refractivity contribution in [1.82, 2.24) is 25.3 Å². The fourth-order valence-electron chi connectivity index (χ4n) is 4.36. The maximum Gasteiger partial charge on any atom is 0.407 e. The number of fused-ring (bicyclic) bond motifs is 1. The first-order valence-electron chi connectivity index (χ1n) is 13.6. The number of alkyl carbamates (subject to hydrolysis) is 1. The zero-order chi connectivity index (χ0) is 28.5. The summed E-state index contributed by atoms with van der Waals surface area (Å²) in [6, 6.07) is 2.03. The monoisotopic (exact) mass is 571 g/mol. The molecule has 0 aliphatic carbocycles. The lowest BCUT2D eigenvalue weighted by Crippen LogP contribution is -2.37. The highest BCUT2D eigenvalue weighted by Gasteiger charge is 2.26. The van der Waals surface area contributed by atoms with E-state index >= 15 is 0 Å². The van der Waals surface area contributed by atoms with Crippen LogP contribution in [0.1, 0.15) is 51.3 Å². The van der Waals surface area contributed by atoms with Gasteiger partial charge >= 0.3 is 12.1 Å². The highest BCUT2D eigenvalue weighted by Crippen LogP contribution is 2.36. The number of amides is 1. The summed E-state index contributed by atoms with van der Waals surface area (Å²) >= 11 is 1.60. The maximum atomic E-state index is 12.5. The number of aromatic nitrogens is 4. The van der Waals surface area contributed by atoms with Crippen LogP contribution in [0.4, 0.5) is 16.6 Å². The Balaban J connectivity index is 1.40. The Morgan fingerprint density at radius 1 is 1.15 bits per heavy atom. The van der Waals surface area contributed by atoms with Gasteiger partial charge in [0.1, 0.15) is 5.60 Å². The lowest BCUT2D eigenvalue weighted by molar-refractivity contribution is -0.143. The molecule has 0 atom stereocenters. The van der Waals surface area contributed by atoms with E-state index in [0.29, 0.717) is 50.6 Å². The fraction of sp³-hybridized carbons (Fsp3) is 0.556. The molecule has 0 aromatic carbocycles. The van der Waals surface area contributed by atoms with E-state index in [1.165, 1.54) is 0 Å². The molecule has 1 saturated heterocycles. The third-order valence-corrected chi connectivity index (χ3v) is 7.37. The van der Waals surface area contributed by atoms with E-state index in [0.717, 1.165) is 53.3 Å². The number of unbranched alkanes of at least 4 members (excludes halogenated alkanes) is 2. The van der Waals surface area contributed by atoms with E-state index in [9.17, 15) is 9.59 Å². The molecule has 1 aliphatic rings. The minimum Gasteiger partial charge on any atom is -0.466 e. The van der Waals surface area contributed by atoms with Gasteiger partial charge in [-0.1, -0.05) is 6.42 Å². The van der Waals surface area contributed by atoms with Crippen LogP contribution in [0, 0.1) is 0 Å². The van der Waals surface area contributed by atoms with Crippen molar-refractivity contribution >= 4 is 45.4 Å². The number of rotatable bonds is 12. The number of esters is 1. The van der Waals surface area contributed by atoms with E-state index in [4.69, 9.17) is 29.9 Å². The molecule has 1 fully saturated rings. The summed E-state index contributed by atoms with van der Waals surface area (Å²) in [7, 11) is 0. The maximum absolute atomic E-state index is 12.5. The molecule has 0 spiro atoms. The molecular formula is C27H37N7O5S. The third-order valence-electron chi connectivity index (χ3n) is 6.25.